The molecule has 1 aromatic rings. The average Bonchev–Trinajstić information content (AvgIpc) is 2.71. The molecule has 1 saturated heterocycles. The highest BCUT2D eigenvalue weighted by Gasteiger charge is 2.23. The molecular formula is C22H33ClN2O3. The van der Waals surface area contributed by atoms with Gasteiger partial charge in [-0.25, -0.2) is 4.79 Å². The zero-order valence-electron chi connectivity index (χ0n) is 16.7. The number of carbonyl (C=O) groups is 1. The molecule has 0 saturated carbocycles. The second kappa shape index (κ2) is 13.6. The van der Waals surface area contributed by atoms with E-state index < -0.39 is 0 Å². The molecule has 5 nitrogen and oxygen atoms in total. The molecule has 156 valence electrons. The molecule has 28 heavy (non-hydrogen) atoms. The summed E-state index contributed by atoms with van der Waals surface area (Å²) in [6, 6.07) is 6.86. The van der Waals surface area contributed by atoms with E-state index in [9.17, 15) is 4.79 Å². The summed E-state index contributed by atoms with van der Waals surface area (Å²) in [7, 11) is 0. The molecule has 1 aromatic carbocycles. The summed E-state index contributed by atoms with van der Waals surface area (Å²) in [4.78, 5) is 14.0. The lowest BCUT2D eigenvalue weighted by Crippen LogP contribution is -2.40. The number of carbonyl (C=O) groups excluding carboxylic acids is 1. The quantitative estimate of drug-likeness (QED) is 0.394. The molecule has 1 amide bonds. The average molecular weight is 409 g/mol. The normalized spacial score (nSPS) is 14.8. The summed E-state index contributed by atoms with van der Waals surface area (Å²) in [6.45, 7) is 8.89. The number of nitrogens with zero attached hydrogens (tertiary/aromatic N) is 1. The summed E-state index contributed by atoms with van der Waals surface area (Å²) >= 11 is 5.85. The van der Waals surface area contributed by atoms with Gasteiger partial charge in [0.15, 0.2) is 0 Å². The van der Waals surface area contributed by atoms with E-state index in [1.54, 1.807) is 29.2 Å². The van der Waals surface area contributed by atoms with Crippen LogP contribution in [0.5, 0.6) is 5.75 Å². The second-order valence-corrected chi connectivity index (χ2v) is 7.62. The van der Waals surface area contributed by atoms with E-state index in [-0.39, 0.29) is 6.09 Å². The van der Waals surface area contributed by atoms with Gasteiger partial charge in [0.1, 0.15) is 5.75 Å². The Morgan fingerprint density at radius 2 is 1.93 bits per heavy atom. The van der Waals surface area contributed by atoms with E-state index in [0.29, 0.717) is 16.7 Å². The van der Waals surface area contributed by atoms with Crippen LogP contribution in [0.3, 0.4) is 0 Å². The van der Waals surface area contributed by atoms with E-state index in [4.69, 9.17) is 21.1 Å². The van der Waals surface area contributed by atoms with Gasteiger partial charge in [-0.15, -0.1) is 6.58 Å². The van der Waals surface area contributed by atoms with Crippen molar-refractivity contribution in [2.24, 2.45) is 5.92 Å². The largest absolute Gasteiger partial charge is 0.415 e. The number of piperidine rings is 1. The maximum absolute atomic E-state index is 12.2. The molecule has 0 bridgehead atoms. The first-order valence-corrected chi connectivity index (χ1v) is 10.7. The molecule has 0 unspecified atom stereocenters. The summed E-state index contributed by atoms with van der Waals surface area (Å²) in [5.74, 6) is 1.15. The third kappa shape index (κ3) is 9.09. The number of ether oxygens (including phenoxy) is 2. The van der Waals surface area contributed by atoms with Crippen molar-refractivity contribution in [1.29, 1.82) is 0 Å². The van der Waals surface area contributed by atoms with Gasteiger partial charge in [-0.2, -0.15) is 0 Å². The minimum atomic E-state index is -0.279. The van der Waals surface area contributed by atoms with Crippen molar-refractivity contribution in [2.75, 3.05) is 39.4 Å². The molecule has 1 heterocycles. The Labute approximate surface area is 174 Å². The molecular weight excluding hydrogens is 376 g/mol. The zero-order valence-corrected chi connectivity index (χ0v) is 17.5. The summed E-state index contributed by atoms with van der Waals surface area (Å²) in [6.07, 6.45) is 7.99. The van der Waals surface area contributed by atoms with Crippen LogP contribution in [0.15, 0.2) is 36.9 Å². The molecule has 0 radical (unpaired) electrons. The molecule has 6 heteroatoms. The third-order valence-corrected chi connectivity index (χ3v) is 5.23. The highest BCUT2D eigenvalue weighted by Crippen LogP contribution is 2.22. The summed E-state index contributed by atoms with van der Waals surface area (Å²) in [5.41, 5.74) is 0. The van der Waals surface area contributed by atoms with E-state index in [0.717, 1.165) is 77.9 Å². The number of unbranched alkanes of at least 4 members (excludes halogenated alkanes) is 1. The fraction of sp³-hybridized carbons (Fsp3) is 0.591. The Morgan fingerprint density at radius 3 is 2.64 bits per heavy atom. The summed E-state index contributed by atoms with van der Waals surface area (Å²) < 4.78 is 11.2. The van der Waals surface area contributed by atoms with Gasteiger partial charge in [0.25, 0.3) is 0 Å². The van der Waals surface area contributed by atoms with Gasteiger partial charge in [-0.05, 0) is 81.8 Å². The van der Waals surface area contributed by atoms with Crippen LogP contribution >= 0.6 is 11.6 Å². The number of halogens is 1. The molecule has 1 aliphatic rings. The lowest BCUT2D eigenvalue weighted by molar-refractivity contribution is 0.0957. The molecule has 0 aliphatic carbocycles. The molecule has 0 aromatic heterocycles. The highest BCUT2D eigenvalue weighted by atomic mass is 35.5. The van der Waals surface area contributed by atoms with Gasteiger partial charge in [-0.1, -0.05) is 17.7 Å². The lowest BCUT2D eigenvalue weighted by Gasteiger charge is -2.31. The molecule has 1 fully saturated rings. The number of rotatable bonds is 12. The van der Waals surface area contributed by atoms with E-state index in [1.807, 2.05) is 6.08 Å². The van der Waals surface area contributed by atoms with E-state index in [2.05, 4.69) is 11.9 Å². The van der Waals surface area contributed by atoms with Crippen molar-refractivity contribution in [3.05, 3.63) is 41.9 Å². The van der Waals surface area contributed by atoms with Crippen LogP contribution in [-0.2, 0) is 4.74 Å². The number of hydrogen-bond acceptors (Lipinski definition) is 4. The second-order valence-electron chi connectivity index (χ2n) is 7.19. The monoisotopic (exact) mass is 408 g/mol. The first-order valence-electron chi connectivity index (χ1n) is 10.3. The lowest BCUT2D eigenvalue weighted by atomic mass is 9.94. The number of amides is 1. The number of likely N-dealkylation sites (tertiary alicyclic amines) is 1. The van der Waals surface area contributed by atoms with Crippen LogP contribution in [-0.4, -0.2) is 50.4 Å². The maximum atomic E-state index is 12.2. The third-order valence-electron chi connectivity index (χ3n) is 4.98. The topological polar surface area (TPSA) is 50.8 Å². The number of nitrogens with one attached hydrogen (secondary N) is 1. The van der Waals surface area contributed by atoms with Crippen LogP contribution in [0.1, 0.15) is 38.5 Å². The summed E-state index contributed by atoms with van der Waals surface area (Å²) in [5, 5.41) is 4.01. The van der Waals surface area contributed by atoms with E-state index >= 15 is 0 Å². The minimum Gasteiger partial charge on any atom is -0.410 e. The van der Waals surface area contributed by atoms with Crippen LogP contribution in [0.25, 0.3) is 0 Å². The Hall–Kier alpha value is -1.56. The van der Waals surface area contributed by atoms with Crippen LogP contribution in [0, 0.1) is 5.92 Å². The smallest absolute Gasteiger partial charge is 0.410 e. The van der Waals surface area contributed by atoms with Gasteiger partial charge in [0.2, 0.25) is 0 Å². The first-order chi connectivity index (χ1) is 13.7. The molecule has 0 spiro atoms. The van der Waals surface area contributed by atoms with Crippen molar-refractivity contribution in [3.8, 4) is 5.75 Å². The van der Waals surface area contributed by atoms with Crippen LogP contribution < -0.4 is 10.1 Å². The van der Waals surface area contributed by atoms with Crippen molar-refractivity contribution < 1.29 is 14.3 Å². The van der Waals surface area contributed by atoms with Crippen molar-refractivity contribution in [2.45, 2.75) is 38.5 Å². The number of benzene rings is 1. The van der Waals surface area contributed by atoms with Gasteiger partial charge >= 0.3 is 6.09 Å². The fourth-order valence-electron chi connectivity index (χ4n) is 3.21. The van der Waals surface area contributed by atoms with E-state index in [1.165, 1.54) is 0 Å². The van der Waals surface area contributed by atoms with Gasteiger partial charge < -0.3 is 19.7 Å². The van der Waals surface area contributed by atoms with Crippen molar-refractivity contribution in [1.82, 2.24) is 10.2 Å². The van der Waals surface area contributed by atoms with Crippen molar-refractivity contribution >= 4 is 17.7 Å². The van der Waals surface area contributed by atoms with Crippen LogP contribution in [0.2, 0.25) is 5.02 Å². The molecule has 2 rings (SSSR count). The van der Waals surface area contributed by atoms with Gasteiger partial charge in [0, 0.05) is 31.3 Å². The Morgan fingerprint density at radius 1 is 1.18 bits per heavy atom. The fourth-order valence-corrected chi connectivity index (χ4v) is 3.33. The molecule has 1 N–H and O–H groups in total. The van der Waals surface area contributed by atoms with Crippen LogP contribution in [0.4, 0.5) is 4.79 Å². The maximum Gasteiger partial charge on any atom is 0.415 e. The highest BCUT2D eigenvalue weighted by molar-refractivity contribution is 6.30. The number of hydrogen-bond donors (Lipinski definition) is 1. The Bertz CT molecular complexity index is 572. The molecule has 1 aliphatic heterocycles. The first kappa shape index (κ1) is 22.7. The predicted octanol–water partition coefficient (Wildman–Crippen LogP) is 4.90. The Balaban J connectivity index is 1.48. The van der Waals surface area contributed by atoms with Gasteiger partial charge in [0.05, 0.1) is 0 Å². The Kier molecular flexibility index (Phi) is 11.0. The minimum absolute atomic E-state index is 0.279. The standard InChI is InChI=1S/C22H33ClN2O3/c1-2-3-13-24-14-4-5-17-27-18-12-19-10-15-25(16-11-19)22(26)28-21-8-6-20(23)7-9-21/h2,6-9,19,24H,1,3-5,10-18H2. The molecule has 0 atom stereocenters. The van der Waals surface area contributed by atoms with Gasteiger partial charge in [-0.3, -0.25) is 0 Å². The predicted molar refractivity (Wildman–Crippen MR) is 114 cm³/mol. The zero-order chi connectivity index (χ0) is 20.0. The van der Waals surface area contributed by atoms with Crippen molar-refractivity contribution in [3.63, 3.8) is 0 Å². The SMILES string of the molecule is C=CCCNCCCCOCCC1CCN(C(=O)Oc2ccc(Cl)cc2)CC1.